The molecule has 0 bridgehead atoms. The van der Waals surface area contributed by atoms with Crippen LogP contribution in [0.25, 0.3) is 0 Å². The molecule has 2 aromatic rings. The third-order valence-electron chi connectivity index (χ3n) is 4.51. The summed E-state index contributed by atoms with van der Waals surface area (Å²) in [5, 5.41) is 3.76. The van der Waals surface area contributed by atoms with Crippen LogP contribution in [-0.2, 0) is 11.2 Å². The maximum absolute atomic E-state index is 12.1. The first-order valence-electron chi connectivity index (χ1n) is 8.80. The van der Waals surface area contributed by atoms with Crippen LogP contribution in [0, 0.1) is 0 Å². The van der Waals surface area contributed by atoms with E-state index in [-0.39, 0.29) is 18.1 Å². The van der Waals surface area contributed by atoms with Crippen molar-refractivity contribution in [3.05, 3.63) is 59.2 Å². The first kappa shape index (κ1) is 17.7. The fraction of sp³-hybridized carbons (Fsp3) is 0.400. The predicted octanol–water partition coefficient (Wildman–Crippen LogP) is 4.17. The number of nitrogens with zero attached hydrogens (tertiary/aromatic N) is 1. The van der Waals surface area contributed by atoms with Gasteiger partial charge in [-0.2, -0.15) is 0 Å². The van der Waals surface area contributed by atoms with E-state index in [0.717, 1.165) is 32.1 Å². The minimum absolute atomic E-state index is 0.132. The van der Waals surface area contributed by atoms with Gasteiger partial charge in [-0.15, -0.1) is 0 Å². The molecule has 0 atom stereocenters. The summed E-state index contributed by atoms with van der Waals surface area (Å²) in [5.74, 6) is 0.743. The van der Waals surface area contributed by atoms with Crippen molar-refractivity contribution < 1.29 is 9.53 Å². The monoisotopic (exact) mass is 358 g/mol. The van der Waals surface area contributed by atoms with Gasteiger partial charge in [0.2, 0.25) is 11.8 Å². The van der Waals surface area contributed by atoms with Crippen LogP contribution < -0.4 is 10.1 Å². The van der Waals surface area contributed by atoms with E-state index in [9.17, 15) is 4.79 Å². The molecule has 1 N–H and O–H groups in total. The molecule has 0 radical (unpaired) electrons. The van der Waals surface area contributed by atoms with Gasteiger partial charge in [-0.3, -0.25) is 4.79 Å². The molecule has 1 fully saturated rings. The van der Waals surface area contributed by atoms with Gasteiger partial charge in [0.1, 0.15) is 6.10 Å². The molecule has 0 saturated heterocycles. The number of amides is 1. The van der Waals surface area contributed by atoms with Gasteiger partial charge in [-0.25, -0.2) is 4.98 Å². The molecule has 3 rings (SSSR count). The van der Waals surface area contributed by atoms with Crippen LogP contribution in [0.3, 0.4) is 0 Å². The number of benzene rings is 1. The summed E-state index contributed by atoms with van der Waals surface area (Å²) in [6.45, 7) is 0. The van der Waals surface area contributed by atoms with E-state index in [4.69, 9.17) is 16.3 Å². The predicted molar refractivity (Wildman–Crippen MR) is 98.8 cm³/mol. The van der Waals surface area contributed by atoms with Gasteiger partial charge in [0.05, 0.1) is 5.02 Å². The lowest BCUT2D eigenvalue weighted by Crippen LogP contribution is -2.39. The molecule has 1 aliphatic rings. The molecule has 1 amide bonds. The Morgan fingerprint density at radius 3 is 2.56 bits per heavy atom. The Labute approximate surface area is 153 Å². The molecule has 0 spiro atoms. The number of nitrogens with one attached hydrogen (secondary N) is 1. The first-order chi connectivity index (χ1) is 12.2. The SMILES string of the molecule is O=C(CCc1ccccc1)NC1CCC(Oc2ccc(Cl)cn2)CC1. The minimum atomic E-state index is 0.132. The Morgan fingerprint density at radius 1 is 1.12 bits per heavy atom. The Balaban J connectivity index is 1.37. The van der Waals surface area contributed by atoms with E-state index in [0.29, 0.717) is 17.3 Å². The minimum Gasteiger partial charge on any atom is -0.474 e. The van der Waals surface area contributed by atoms with Crippen molar-refractivity contribution in [1.29, 1.82) is 0 Å². The zero-order valence-corrected chi connectivity index (χ0v) is 14.9. The molecular weight excluding hydrogens is 336 g/mol. The molecule has 25 heavy (non-hydrogen) atoms. The van der Waals surface area contributed by atoms with Crippen molar-refractivity contribution in [1.82, 2.24) is 10.3 Å². The second kappa shape index (κ2) is 8.86. The summed E-state index contributed by atoms with van der Waals surface area (Å²) >= 11 is 5.83. The summed E-state index contributed by atoms with van der Waals surface area (Å²) in [6.07, 6.45) is 6.80. The number of carbonyl (C=O) groups is 1. The third-order valence-corrected chi connectivity index (χ3v) is 4.73. The van der Waals surface area contributed by atoms with Crippen molar-refractivity contribution >= 4 is 17.5 Å². The number of rotatable bonds is 6. The summed E-state index contributed by atoms with van der Waals surface area (Å²) in [5.41, 5.74) is 1.20. The van der Waals surface area contributed by atoms with Crippen molar-refractivity contribution in [3.63, 3.8) is 0 Å². The summed E-state index contributed by atoms with van der Waals surface area (Å²) in [7, 11) is 0. The first-order valence-corrected chi connectivity index (χ1v) is 9.18. The zero-order valence-electron chi connectivity index (χ0n) is 14.2. The highest BCUT2D eigenvalue weighted by atomic mass is 35.5. The van der Waals surface area contributed by atoms with E-state index in [1.807, 2.05) is 18.2 Å². The van der Waals surface area contributed by atoms with Crippen molar-refractivity contribution in [2.45, 2.75) is 50.7 Å². The van der Waals surface area contributed by atoms with E-state index in [1.54, 1.807) is 18.3 Å². The standard InChI is InChI=1S/C20H23ClN2O2/c21-16-7-13-20(22-14-16)25-18-10-8-17(9-11-18)23-19(24)12-6-15-4-2-1-3-5-15/h1-5,7,13-14,17-18H,6,8-12H2,(H,23,24). The lowest BCUT2D eigenvalue weighted by atomic mass is 9.92. The lowest BCUT2D eigenvalue weighted by Gasteiger charge is -2.29. The molecule has 1 saturated carbocycles. The van der Waals surface area contributed by atoms with Crippen molar-refractivity contribution in [2.75, 3.05) is 0 Å². The maximum atomic E-state index is 12.1. The van der Waals surface area contributed by atoms with Gasteiger partial charge < -0.3 is 10.1 Å². The average Bonchev–Trinajstić information content (AvgIpc) is 2.64. The summed E-state index contributed by atoms with van der Waals surface area (Å²) < 4.78 is 5.89. The van der Waals surface area contributed by atoms with Gasteiger partial charge in [-0.05, 0) is 43.7 Å². The molecule has 1 heterocycles. The largest absolute Gasteiger partial charge is 0.474 e. The maximum Gasteiger partial charge on any atom is 0.220 e. The normalized spacial score (nSPS) is 20.0. The van der Waals surface area contributed by atoms with E-state index in [1.165, 1.54) is 5.56 Å². The smallest absolute Gasteiger partial charge is 0.220 e. The number of hydrogen-bond acceptors (Lipinski definition) is 3. The number of aryl methyl sites for hydroxylation is 1. The highest BCUT2D eigenvalue weighted by Gasteiger charge is 2.23. The van der Waals surface area contributed by atoms with Crippen LogP contribution in [0.15, 0.2) is 48.7 Å². The Morgan fingerprint density at radius 2 is 1.88 bits per heavy atom. The second-order valence-electron chi connectivity index (χ2n) is 6.46. The number of halogens is 1. The molecule has 1 aliphatic carbocycles. The topological polar surface area (TPSA) is 51.2 Å². The molecule has 5 heteroatoms. The van der Waals surface area contributed by atoms with Gasteiger partial charge in [-0.1, -0.05) is 41.9 Å². The van der Waals surface area contributed by atoms with Gasteiger partial charge >= 0.3 is 0 Å². The quantitative estimate of drug-likeness (QED) is 0.843. The molecule has 4 nitrogen and oxygen atoms in total. The average molecular weight is 359 g/mol. The van der Waals surface area contributed by atoms with Gasteiger partial charge in [0.25, 0.3) is 0 Å². The number of pyridine rings is 1. The Kier molecular flexibility index (Phi) is 6.29. The third kappa shape index (κ3) is 5.75. The molecule has 1 aromatic heterocycles. The number of ether oxygens (including phenoxy) is 1. The Bertz CT molecular complexity index is 668. The highest BCUT2D eigenvalue weighted by molar-refractivity contribution is 6.30. The van der Waals surface area contributed by atoms with Crippen molar-refractivity contribution in [3.8, 4) is 5.88 Å². The van der Waals surface area contributed by atoms with Crippen LogP contribution in [-0.4, -0.2) is 23.0 Å². The number of aromatic nitrogens is 1. The summed E-state index contributed by atoms with van der Waals surface area (Å²) in [6, 6.07) is 13.9. The van der Waals surface area contributed by atoms with Gasteiger partial charge in [0, 0.05) is 24.7 Å². The fourth-order valence-corrected chi connectivity index (χ4v) is 3.24. The number of hydrogen-bond donors (Lipinski definition) is 1. The van der Waals surface area contributed by atoms with Gasteiger partial charge in [0.15, 0.2) is 0 Å². The van der Waals surface area contributed by atoms with Crippen LogP contribution in [0.1, 0.15) is 37.7 Å². The fourth-order valence-electron chi connectivity index (χ4n) is 3.13. The van der Waals surface area contributed by atoms with E-state index in [2.05, 4.69) is 22.4 Å². The van der Waals surface area contributed by atoms with Crippen LogP contribution in [0.4, 0.5) is 0 Å². The lowest BCUT2D eigenvalue weighted by molar-refractivity contribution is -0.122. The molecule has 1 aromatic carbocycles. The van der Waals surface area contributed by atoms with Crippen LogP contribution in [0.2, 0.25) is 5.02 Å². The number of carbonyl (C=O) groups excluding carboxylic acids is 1. The second-order valence-corrected chi connectivity index (χ2v) is 6.90. The molecule has 132 valence electrons. The van der Waals surface area contributed by atoms with Crippen LogP contribution >= 0.6 is 11.6 Å². The Hall–Kier alpha value is -2.07. The molecular formula is C20H23ClN2O2. The molecule has 0 aliphatic heterocycles. The highest BCUT2D eigenvalue weighted by Crippen LogP contribution is 2.23. The van der Waals surface area contributed by atoms with E-state index >= 15 is 0 Å². The summed E-state index contributed by atoms with van der Waals surface area (Å²) in [4.78, 5) is 16.3. The zero-order chi connectivity index (χ0) is 17.5. The van der Waals surface area contributed by atoms with E-state index < -0.39 is 0 Å². The van der Waals surface area contributed by atoms with Crippen molar-refractivity contribution in [2.24, 2.45) is 0 Å². The van der Waals surface area contributed by atoms with Crippen LogP contribution in [0.5, 0.6) is 5.88 Å². The molecule has 0 unspecified atom stereocenters.